The van der Waals surface area contributed by atoms with E-state index in [1.807, 2.05) is 0 Å². The summed E-state index contributed by atoms with van der Waals surface area (Å²) < 4.78 is 52.2. The molecule has 7 heteroatoms. The highest BCUT2D eigenvalue weighted by Gasteiger charge is 2.38. The third-order valence-electron chi connectivity index (χ3n) is 3.09. The molecular weight excluding hydrogens is 305 g/mol. The molecule has 1 saturated carbocycles. The standard InChI is InChI=1S/C12H12ClF4N.ClH/c13-8-4-3-7(12(15,16)17)10(11(8)14)9(18)5-6-1-2-6;/h3-4,6,9H,1-2,5,18H2;1H/t9-;/m0./s1. The van der Waals surface area contributed by atoms with Crippen molar-refractivity contribution in [2.24, 2.45) is 11.7 Å². The highest BCUT2D eigenvalue weighted by atomic mass is 35.5. The molecule has 0 amide bonds. The van der Waals surface area contributed by atoms with Gasteiger partial charge in [-0.05, 0) is 24.5 Å². The minimum absolute atomic E-state index is 0. The van der Waals surface area contributed by atoms with Crippen molar-refractivity contribution in [1.82, 2.24) is 0 Å². The average Bonchev–Trinajstić information content (AvgIpc) is 3.03. The van der Waals surface area contributed by atoms with Crippen LogP contribution in [0, 0.1) is 11.7 Å². The molecule has 1 aliphatic rings. The van der Waals surface area contributed by atoms with Crippen LogP contribution in [0.4, 0.5) is 17.6 Å². The van der Waals surface area contributed by atoms with Crippen LogP contribution >= 0.6 is 24.0 Å². The lowest BCUT2D eigenvalue weighted by Crippen LogP contribution is -2.20. The second-order valence-corrected chi connectivity index (χ2v) is 5.01. The molecule has 0 radical (unpaired) electrons. The lowest BCUT2D eigenvalue weighted by atomic mass is 9.96. The average molecular weight is 318 g/mol. The van der Waals surface area contributed by atoms with E-state index in [1.54, 1.807) is 0 Å². The lowest BCUT2D eigenvalue weighted by molar-refractivity contribution is -0.138. The fraction of sp³-hybridized carbons (Fsp3) is 0.500. The molecule has 1 nitrogen and oxygen atoms in total. The number of hydrogen-bond donors (Lipinski definition) is 1. The van der Waals surface area contributed by atoms with Crippen molar-refractivity contribution in [3.8, 4) is 0 Å². The summed E-state index contributed by atoms with van der Waals surface area (Å²) in [5.74, 6) is -0.751. The second kappa shape index (κ2) is 5.85. The number of alkyl halides is 3. The van der Waals surface area contributed by atoms with Crippen molar-refractivity contribution in [3.63, 3.8) is 0 Å². The van der Waals surface area contributed by atoms with Crippen LogP contribution < -0.4 is 5.73 Å². The molecule has 108 valence electrons. The maximum absolute atomic E-state index is 13.8. The first-order valence-corrected chi connectivity index (χ1v) is 5.99. The summed E-state index contributed by atoms with van der Waals surface area (Å²) in [7, 11) is 0. The smallest absolute Gasteiger partial charge is 0.324 e. The first-order chi connectivity index (χ1) is 8.30. The van der Waals surface area contributed by atoms with Gasteiger partial charge in [-0.25, -0.2) is 4.39 Å². The first kappa shape index (κ1) is 16.5. The summed E-state index contributed by atoms with van der Waals surface area (Å²) in [5.41, 5.74) is 4.16. The Bertz CT molecular complexity index is 458. The Morgan fingerprint density at radius 1 is 1.32 bits per heavy atom. The molecule has 1 atom stereocenters. The molecule has 19 heavy (non-hydrogen) atoms. The van der Waals surface area contributed by atoms with E-state index in [2.05, 4.69) is 0 Å². The van der Waals surface area contributed by atoms with Gasteiger partial charge in [0.15, 0.2) is 0 Å². The van der Waals surface area contributed by atoms with Gasteiger partial charge in [0.1, 0.15) is 5.82 Å². The van der Waals surface area contributed by atoms with Gasteiger partial charge in [-0.1, -0.05) is 24.4 Å². The Morgan fingerprint density at radius 3 is 2.37 bits per heavy atom. The molecule has 1 aliphatic carbocycles. The van der Waals surface area contributed by atoms with Crippen molar-refractivity contribution in [1.29, 1.82) is 0 Å². The third kappa shape index (κ3) is 3.74. The van der Waals surface area contributed by atoms with E-state index in [0.717, 1.165) is 25.0 Å². The minimum atomic E-state index is -4.62. The molecular formula is C12H13Cl2F4N. The summed E-state index contributed by atoms with van der Waals surface area (Å²) in [6, 6.07) is 0.730. The van der Waals surface area contributed by atoms with Crippen molar-refractivity contribution in [3.05, 3.63) is 34.1 Å². The molecule has 0 aromatic heterocycles. The van der Waals surface area contributed by atoms with Gasteiger partial charge in [0, 0.05) is 11.6 Å². The van der Waals surface area contributed by atoms with Crippen LogP contribution in [0.2, 0.25) is 5.02 Å². The SMILES string of the molecule is Cl.N[C@@H](CC1CC1)c1c(C(F)(F)F)ccc(Cl)c1F. The zero-order chi connectivity index (χ0) is 13.5. The van der Waals surface area contributed by atoms with Crippen LogP contribution in [0.5, 0.6) is 0 Å². The van der Waals surface area contributed by atoms with Crippen molar-refractivity contribution < 1.29 is 17.6 Å². The molecule has 2 N–H and O–H groups in total. The molecule has 0 bridgehead atoms. The van der Waals surface area contributed by atoms with Crippen LogP contribution in [0.15, 0.2) is 12.1 Å². The highest BCUT2D eigenvalue weighted by molar-refractivity contribution is 6.30. The van der Waals surface area contributed by atoms with Gasteiger partial charge in [-0.15, -0.1) is 12.4 Å². The van der Waals surface area contributed by atoms with Crippen LogP contribution in [0.25, 0.3) is 0 Å². The second-order valence-electron chi connectivity index (χ2n) is 4.61. The van der Waals surface area contributed by atoms with E-state index in [9.17, 15) is 17.6 Å². The fourth-order valence-electron chi connectivity index (χ4n) is 2.01. The molecule has 0 heterocycles. The zero-order valence-electron chi connectivity index (χ0n) is 9.81. The van der Waals surface area contributed by atoms with E-state index in [-0.39, 0.29) is 17.4 Å². The molecule has 0 unspecified atom stereocenters. The van der Waals surface area contributed by atoms with E-state index in [1.165, 1.54) is 0 Å². The molecule has 2 rings (SSSR count). The summed E-state index contributed by atoms with van der Waals surface area (Å²) in [6.07, 6.45) is -2.38. The monoisotopic (exact) mass is 317 g/mol. The Kier molecular flexibility index (Phi) is 5.09. The number of hydrogen-bond acceptors (Lipinski definition) is 1. The Balaban J connectivity index is 0.00000180. The maximum atomic E-state index is 13.8. The molecule has 1 aromatic rings. The number of benzene rings is 1. The lowest BCUT2D eigenvalue weighted by Gasteiger charge is -2.19. The van der Waals surface area contributed by atoms with Gasteiger partial charge in [-0.3, -0.25) is 0 Å². The van der Waals surface area contributed by atoms with Gasteiger partial charge >= 0.3 is 6.18 Å². The van der Waals surface area contributed by atoms with Crippen LogP contribution in [0.3, 0.4) is 0 Å². The Hall–Kier alpha value is -0.520. The van der Waals surface area contributed by atoms with E-state index in [0.29, 0.717) is 12.3 Å². The minimum Gasteiger partial charge on any atom is -0.324 e. The maximum Gasteiger partial charge on any atom is 0.416 e. The predicted octanol–water partition coefficient (Wildman–Crippen LogP) is 4.72. The predicted molar refractivity (Wildman–Crippen MR) is 67.9 cm³/mol. The highest BCUT2D eigenvalue weighted by Crippen LogP contribution is 2.42. The number of nitrogens with two attached hydrogens (primary N) is 1. The molecule has 0 aliphatic heterocycles. The molecule has 0 spiro atoms. The van der Waals surface area contributed by atoms with Gasteiger partial charge in [0.05, 0.1) is 10.6 Å². The molecule has 1 aromatic carbocycles. The molecule has 1 fully saturated rings. The Morgan fingerprint density at radius 2 is 1.89 bits per heavy atom. The van der Waals surface area contributed by atoms with E-state index >= 15 is 0 Å². The summed E-state index contributed by atoms with van der Waals surface area (Å²) in [4.78, 5) is 0. The topological polar surface area (TPSA) is 26.0 Å². The van der Waals surface area contributed by atoms with E-state index < -0.39 is 29.2 Å². The normalized spacial score (nSPS) is 16.9. The van der Waals surface area contributed by atoms with Gasteiger partial charge in [-0.2, -0.15) is 13.2 Å². The fourth-order valence-corrected chi connectivity index (χ4v) is 2.17. The van der Waals surface area contributed by atoms with Crippen molar-refractivity contribution in [2.75, 3.05) is 0 Å². The first-order valence-electron chi connectivity index (χ1n) is 5.61. The van der Waals surface area contributed by atoms with Gasteiger partial charge in [0.2, 0.25) is 0 Å². The molecule has 0 saturated heterocycles. The third-order valence-corrected chi connectivity index (χ3v) is 3.38. The summed E-state index contributed by atoms with van der Waals surface area (Å²) >= 11 is 5.53. The van der Waals surface area contributed by atoms with E-state index in [4.69, 9.17) is 17.3 Å². The largest absolute Gasteiger partial charge is 0.416 e. The number of halogens is 6. The summed E-state index contributed by atoms with van der Waals surface area (Å²) in [5, 5.41) is -0.329. The quantitative estimate of drug-likeness (QED) is 0.802. The van der Waals surface area contributed by atoms with Crippen molar-refractivity contribution in [2.45, 2.75) is 31.5 Å². The van der Waals surface area contributed by atoms with Gasteiger partial charge < -0.3 is 5.73 Å². The van der Waals surface area contributed by atoms with Crippen LogP contribution in [-0.4, -0.2) is 0 Å². The van der Waals surface area contributed by atoms with Crippen LogP contribution in [0.1, 0.15) is 36.4 Å². The number of rotatable bonds is 3. The van der Waals surface area contributed by atoms with Crippen LogP contribution in [-0.2, 0) is 6.18 Å². The van der Waals surface area contributed by atoms with Crippen molar-refractivity contribution >= 4 is 24.0 Å². The zero-order valence-corrected chi connectivity index (χ0v) is 11.4. The Labute approximate surface area is 119 Å². The van der Waals surface area contributed by atoms with Gasteiger partial charge in [0.25, 0.3) is 0 Å². The summed E-state index contributed by atoms with van der Waals surface area (Å²) in [6.45, 7) is 0.